The van der Waals surface area contributed by atoms with Gasteiger partial charge in [-0.1, -0.05) is 110 Å². The van der Waals surface area contributed by atoms with Gasteiger partial charge in [0.2, 0.25) is 11.8 Å². The molecule has 0 bridgehead atoms. The maximum Gasteiger partial charge on any atom is 0.243 e. The highest BCUT2D eigenvalue weighted by atomic mass is 16.2. The van der Waals surface area contributed by atoms with Gasteiger partial charge in [-0.2, -0.15) is 0 Å². The molecule has 1 aliphatic carbocycles. The van der Waals surface area contributed by atoms with E-state index in [0.717, 1.165) is 42.4 Å². The molecule has 4 heteroatoms. The number of nitrogens with one attached hydrogen (secondary N) is 1. The first kappa shape index (κ1) is 25.7. The van der Waals surface area contributed by atoms with E-state index in [4.69, 9.17) is 0 Å². The van der Waals surface area contributed by atoms with Crippen LogP contribution >= 0.6 is 0 Å². The van der Waals surface area contributed by atoms with Crippen molar-refractivity contribution < 1.29 is 9.59 Å². The Hall–Kier alpha value is -3.40. The van der Waals surface area contributed by atoms with Gasteiger partial charge in [0.15, 0.2) is 0 Å². The summed E-state index contributed by atoms with van der Waals surface area (Å²) in [5.74, 6) is -0.0236. The van der Waals surface area contributed by atoms with E-state index in [0.29, 0.717) is 25.8 Å². The second kappa shape index (κ2) is 13.1. The highest BCUT2D eigenvalue weighted by Crippen LogP contribution is 2.20. The Labute approximate surface area is 215 Å². The van der Waals surface area contributed by atoms with Gasteiger partial charge < -0.3 is 10.2 Å². The molecule has 0 saturated heterocycles. The first-order valence-electron chi connectivity index (χ1n) is 13.3. The Kier molecular flexibility index (Phi) is 9.32. The lowest BCUT2D eigenvalue weighted by Gasteiger charge is -2.33. The van der Waals surface area contributed by atoms with Crippen LogP contribution in [-0.4, -0.2) is 28.8 Å². The van der Waals surface area contributed by atoms with Gasteiger partial charge in [0.05, 0.1) is 0 Å². The normalized spacial score (nSPS) is 14.7. The number of aryl methyl sites for hydroxylation is 2. The summed E-state index contributed by atoms with van der Waals surface area (Å²) in [6, 6.07) is 28.0. The molecular weight excluding hydrogens is 444 g/mol. The molecule has 1 fully saturated rings. The zero-order valence-electron chi connectivity index (χ0n) is 21.4. The number of carbonyl (C=O) groups excluding carboxylic acids is 2. The summed E-state index contributed by atoms with van der Waals surface area (Å²) >= 11 is 0. The molecule has 3 aromatic carbocycles. The minimum Gasteiger partial charge on any atom is -0.352 e. The molecule has 1 atom stereocenters. The molecule has 3 aromatic rings. The van der Waals surface area contributed by atoms with Crippen LogP contribution in [0.5, 0.6) is 0 Å². The summed E-state index contributed by atoms with van der Waals surface area (Å²) in [6.07, 6.45) is 7.10. The van der Waals surface area contributed by atoms with E-state index in [-0.39, 0.29) is 17.9 Å². The van der Waals surface area contributed by atoms with E-state index in [1.165, 1.54) is 12.0 Å². The fourth-order valence-corrected chi connectivity index (χ4v) is 5.03. The lowest BCUT2D eigenvalue weighted by atomic mass is 9.94. The summed E-state index contributed by atoms with van der Waals surface area (Å²) in [5.41, 5.74) is 4.44. The SMILES string of the molecule is Cc1ccc(CCC(=O)N(Cc2ccccc2)[C@@H](Cc2ccccc2)C(=O)NC2CCCCC2)cc1. The van der Waals surface area contributed by atoms with Crippen LogP contribution in [-0.2, 0) is 29.0 Å². The van der Waals surface area contributed by atoms with E-state index < -0.39 is 6.04 Å². The number of nitrogens with zero attached hydrogens (tertiary/aromatic N) is 1. The van der Waals surface area contributed by atoms with Crippen molar-refractivity contribution in [2.45, 2.75) is 76.9 Å². The third-order valence-corrected chi connectivity index (χ3v) is 7.17. The third-order valence-electron chi connectivity index (χ3n) is 7.17. The lowest BCUT2D eigenvalue weighted by Crippen LogP contribution is -2.52. The molecule has 2 amide bonds. The molecular formula is C32H38N2O2. The van der Waals surface area contributed by atoms with E-state index >= 15 is 0 Å². The molecule has 0 unspecified atom stereocenters. The molecule has 4 rings (SSSR count). The summed E-state index contributed by atoms with van der Waals surface area (Å²) in [5, 5.41) is 3.31. The highest BCUT2D eigenvalue weighted by molar-refractivity contribution is 5.88. The van der Waals surface area contributed by atoms with Crippen molar-refractivity contribution in [3.8, 4) is 0 Å². The van der Waals surface area contributed by atoms with Crippen LogP contribution in [0.15, 0.2) is 84.9 Å². The summed E-state index contributed by atoms with van der Waals surface area (Å²) in [7, 11) is 0. The van der Waals surface area contributed by atoms with Gasteiger partial charge in [-0.25, -0.2) is 0 Å². The zero-order valence-corrected chi connectivity index (χ0v) is 21.4. The smallest absolute Gasteiger partial charge is 0.243 e. The minimum atomic E-state index is -0.556. The molecule has 1 N–H and O–H groups in total. The molecule has 4 nitrogen and oxygen atoms in total. The first-order valence-corrected chi connectivity index (χ1v) is 13.3. The molecule has 0 radical (unpaired) electrons. The predicted molar refractivity (Wildman–Crippen MR) is 145 cm³/mol. The summed E-state index contributed by atoms with van der Waals surface area (Å²) < 4.78 is 0. The monoisotopic (exact) mass is 482 g/mol. The van der Waals surface area contributed by atoms with Crippen molar-refractivity contribution in [1.82, 2.24) is 10.2 Å². The van der Waals surface area contributed by atoms with Crippen LogP contribution in [0.1, 0.15) is 60.8 Å². The second-order valence-corrected chi connectivity index (χ2v) is 10.0. The number of carbonyl (C=O) groups is 2. The molecule has 1 saturated carbocycles. The van der Waals surface area contributed by atoms with Gasteiger partial charge in [0, 0.05) is 25.4 Å². The Balaban J connectivity index is 1.58. The van der Waals surface area contributed by atoms with E-state index in [1.54, 1.807) is 0 Å². The molecule has 0 heterocycles. The molecule has 36 heavy (non-hydrogen) atoms. The number of hydrogen-bond acceptors (Lipinski definition) is 2. The van der Waals surface area contributed by atoms with Gasteiger partial charge in [0.25, 0.3) is 0 Å². The Morgan fingerprint density at radius 3 is 2.06 bits per heavy atom. The van der Waals surface area contributed by atoms with Crippen LogP contribution in [0.3, 0.4) is 0 Å². The van der Waals surface area contributed by atoms with Crippen molar-refractivity contribution in [1.29, 1.82) is 0 Å². The number of hydrogen-bond donors (Lipinski definition) is 1. The topological polar surface area (TPSA) is 49.4 Å². The molecule has 1 aliphatic rings. The quantitative estimate of drug-likeness (QED) is 0.384. The fourth-order valence-electron chi connectivity index (χ4n) is 5.03. The largest absolute Gasteiger partial charge is 0.352 e. The summed E-state index contributed by atoms with van der Waals surface area (Å²) in [4.78, 5) is 29.3. The molecule has 0 aliphatic heterocycles. The third kappa shape index (κ3) is 7.55. The van der Waals surface area contributed by atoms with E-state index in [2.05, 4.69) is 36.5 Å². The van der Waals surface area contributed by atoms with Crippen molar-refractivity contribution in [3.63, 3.8) is 0 Å². The van der Waals surface area contributed by atoms with Gasteiger partial charge in [-0.05, 0) is 42.9 Å². The van der Waals surface area contributed by atoms with Gasteiger partial charge in [-0.3, -0.25) is 9.59 Å². The lowest BCUT2D eigenvalue weighted by molar-refractivity contribution is -0.141. The van der Waals surface area contributed by atoms with Crippen LogP contribution in [0.2, 0.25) is 0 Å². The fraction of sp³-hybridized carbons (Fsp3) is 0.375. The van der Waals surface area contributed by atoms with E-state index in [1.807, 2.05) is 65.6 Å². The van der Waals surface area contributed by atoms with Crippen LogP contribution in [0.25, 0.3) is 0 Å². The van der Waals surface area contributed by atoms with Gasteiger partial charge in [-0.15, -0.1) is 0 Å². The van der Waals surface area contributed by atoms with Crippen molar-refractivity contribution >= 4 is 11.8 Å². The Morgan fingerprint density at radius 1 is 0.806 bits per heavy atom. The number of amides is 2. The van der Waals surface area contributed by atoms with Crippen LogP contribution < -0.4 is 5.32 Å². The van der Waals surface area contributed by atoms with Crippen LogP contribution in [0, 0.1) is 6.92 Å². The van der Waals surface area contributed by atoms with Gasteiger partial charge in [0.1, 0.15) is 6.04 Å². The van der Waals surface area contributed by atoms with Crippen molar-refractivity contribution in [3.05, 3.63) is 107 Å². The standard InChI is InChI=1S/C32H38N2O2/c1-25-17-19-26(20-18-25)21-22-31(35)34(24-28-13-7-3-8-14-28)30(23-27-11-5-2-6-12-27)32(36)33-29-15-9-4-10-16-29/h2-3,5-8,11-14,17-20,29-30H,4,9-10,15-16,21-24H2,1H3,(H,33,36)/t30-/m0/s1. The zero-order chi connectivity index (χ0) is 25.2. The molecule has 0 spiro atoms. The average molecular weight is 483 g/mol. The number of benzene rings is 3. The number of rotatable bonds is 10. The minimum absolute atomic E-state index is 0.0131. The molecule has 188 valence electrons. The second-order valence-electron chi connectivity index (χ2n) is 10.0. The van der Waals surface area contributed by atoms with Crippen molar-refractivity contribution in [2.24, 2.45) is 0 Å². The highest BCUT2D eigenvalue weighted by Gasteiger charge is 2.31. The maximum absolute atomic E-state index is 13.8. The Morgan fingerprint density at radius 2 is 1.42 bits per heavy atom. The van der Waals surface area contributed by atoms with Crippen molar-refractivity contribution in [2.75, 3.05) is 0 Å². The summed E-state index contributed by atoms with van der Waals surface area (Å²) in [6.45, 7) is 2.48. The maximum atomic E-state index is 13.8. The first-order chi connectivity index (χ1) is 17.6. The molecule has 0 aromatic heterocycles. The Bertz CT molecular complexity index is 1090. The van der Waals surface area contributed by atoms with Gasteiger partial charge >= 0.3 is 0 Å². The average Bonchev–Trinajstić information content (AvgIpc) is 2.92. The predicted octanol–water partition coefficient (Wildman–Crippen LogP) is 6.02. The van der Waals surface area contributed by atoms with Crippen LogP contribution in [0.4, 0.5) is 0 Å². The van der Waals surface area contributed by atoms with E-state index in [9.17, 15) is 9.59 Å².